The van der Waals surface area contributed by atoms with Gasteiger partial charge in [0.1, 0.15) is 0 Å². The molecule has 0 aliphatic rings. The quantitative estimate of drug-likeness (QED) is 0.192. The SMILES string of the molecule is CCc1[cH-]c2ccccc2c1CCc1c(CC)[cH-]c2ccccc12.[CH3-].[CH3-].[Hf+4]. The number of hydrogen-bond donors (Lipinski definition) is 0. The maximum Gasteiger partial charge on any atom is 4.00 e. The summed E-state index contributed by atoms with van der Waals surface area (Å²) in [6.07, 6.45) is 4.51. The summed E-state index contributed by atoms with van der Waals surface area (Å²) >= 11 is 0. The molecule has 0 N–H and O–H groups in total. The first kappa shape index (κ1) is 23.6. The summed E-state index contributed by atoms with van der Waals surface area (Å²) in [7, 11) is 0. The van der Waals surface area contributed by atoms with Crippen molar-refractivity contribution in [2.24, 2.45) is 0 Å². The van der Waals surface area contributed by atoms with Gasteiger partial charge in [-0.05, 0) is 12.8 Å². The van der Waals surface area contributed by atoms with Crippen LogP contribution in [0.2, 0.25) is 0 Å². The van der Waals surface area contributed by atoms with Crippen LogP contribution in [0.25, 0.3) is 21.5 Å². The molecule has 27 heavy (non-hydrogen) atoms. The number of fused-ring (bicyclic) bond motifs is 2. The van der Waals surface area contributed by atoms with Gasteiger partial charge in [-0.1, -0.05) is 38.8 Å². The van der Waals surface area contributed by atoms with E-state index in [4.69, 9.17) is 0 Å². The van der Waals surface area contributed by atoms with Crippen molar-refractivity contribution in [3.63, 3.8) is 0 Å². The van der Waals surface area contributed by atoms with E-state index in [1.165, 1.54) is 32.7 Å². The first-order chi connectivity index (χ1) is 11.8. The van der Waals surface area contributed by atoms with Gasteiger partial charge in [-0.3, -0.25) is 0 Å². The second-order valence-electron chi connectivity index (χ2n) is 6.68. The number of aryl methyl sites for hydroxylation is 4. The fourth-order valence-corrected chi connectivity index (χ4v) is 4.16. The van der Waals surface area contributed by atoms with Crippen LogP contribution >= 0.6 is 0 Å². The van der Waals surface area contributed by atoms with E-state index >= 15 is 0 Å². The van der Waals surface area contributed by atoms with Gasteiger partial charge in [-0.2, -0.15) is 11.1 Å². The molecule has 0 radical (unpaired) electrons. The zero-order chi connectivity index (χ0) is 16.5. The van der Waals surface area contributed by atoms with Crippen molar-refractivity contribution in [1.82, 2.24) is 0 Å². The van der Waals surface area contributed by atoms with Crippen molar-refractivity contribution >= 4 is 21.5 Å². The summed E-state index contributed by atoms with van der Waals surface area (Å²) in [6.45, 7) is 4.54. The minimum atomic E-state index is 0. The van der Waals surface area contributed by atoms with E-state index in [0.717, 1.165) is 25.7 Å². The topological polar surface area (TPSA) is 0 Å². The third-order valence-electron chi connectivity index (χ3n) is 5.39. The van der Waals surface area contributed by atoms with E-state index in [2.05, 4.69) is 74.5 Å². The molecule has 0 saturated heterocycles. The summed E-state index contributed by atoms with van der Waals surface area (Å²) in [5, 5.41) is 5.69. The molecule has 0 amide bonds. The molecule has 0 unspecified atom stereocenters. The molecule has 4 aromatic carbocycles. The average Bonchev–Trinajstić information content (AvgIpc) is 3.17. The fourth-order valence-electron chi connectivity index (χ4n) is 4.16. The molecule has 1 heteroatoms. The minimum absolute atomic E-state index is 0. The molecule has 0 aliphatic carbocycles. The van der Waals surface area contributed by atoms with Crippen molar-refractivity contribution in [2.75, 3.05) is 0 Å². The minimum Gasteiger partial charge on any atom is -0.358 e. The Labute approximate surface area is 184 Å². The predicted octanol–water partition coefficient (Wildman–Crippen LogP) is 7.24. The molecule has 0 atom stereocenters. The first-order valence-corrected chi connectivity index (χ1v) is 9.14. The largest absolute Gasteiger partial charge is 4.00 e. The van der Waals surface area contributed by atoms with Gasteiger partial charge in [0, 0.05) is 0 Å². The molecule has 4 aromatic rings. The molecule has 0 nitrogen and oxygen atoms in total. The molecule has 0 bridgehead atoms. The van der Waals surface area contributed by atoms with Gasteiger partial charge in [0.15, 0.2) is 0 Å². The second kappa shape index (κ2) is 10.2. The van der Waals surface area contributed by atoms with Gasteiger partial charge < -0.3 is 14.9 Å². The first-order valence-electron chi connectivity index (χ1n) is 9.14. The summed E-state index contributed by atoms with van der Waals surface area (Å²) in [5.74, 6) is 0. The van der Waals surface area contributed by atoms with Gasteiger partial charge in [0.25, 0.3) is 0 Å². The van der Waals surface area contributed by atoms with Crippen molar-refractivity contribution in [2.45, 2.75) is 39.5 Å². The van der Waals surface area contributed by atoms with Crippen LogP contribution in [0.3, 0.4) is 0 Å². The standard InChI is InChI=1S/C24H24.2CH3.Hf/c1-3-17-15-19-9-5-7-11-21(19)23(17)13-14-24-18(4-2)16-20-10-6-8-12-22(20)24;;;/h5-12,15-16H,3-4,13-14H2,1-2H3;2*1H3;/q-2;2*-1;+4. The summed E-state index contributed by atoms with van der Waals surface area (Å²) in [6, 6.07) is 22.4. The molecular formula is C26H30Hf. The Balaban J connectivity index is 0.00000121. The van der Waals surface area contributed by atoms with Gasteiger partial charge in [0.2, 0.25) is 0 Å². The van der Waals surface area contributed by atoms with Crippen LogP contribution in [-0.4, -0.2) is 0 Å². The molecule has 0 fully saturated rings. The molecule has 0 spiro atoms. The van der Waals surface area contributed by atoms with E-state index in [-0.39, 0.29) is 40.7 Å². The van der Waals surface area contributed by atoms with Crippen LogP contribution in [0, 0.1) is 14.9 Å². The third-order valence-corrected chi connectivity index (χ3v) is 5.39. The van der Waals surface area contributed by atoms with E-state index in [9.17, 15) is 0 Å². The maximum atomic E-state index is 2.38. The van der Waals surface area contributed by atoms with Crippen molar-refractivity contribution in [1.29, 1.82) is 0 Å². The van der Waals surface area contributed by atoms with Gasteiger partial charge in [-0.15, -0.1) is 81.2 Å². The molecule has 0 aromatic heterocycles. The fraction of sp³-hybridized carbons (Fsp3) is 0.231. The Kier molecular flexibility index (Phi) is 8.88. The summed E-state index contributed by atoms with van der Waals surface area (Å²) in [4.78, 5) is 0. The van der Waals surface area contributed by atoms with E-state index in [0.29, 0.717) is 0 Å². The van der Waals surface area contributed by atoms with E-state index < -0.39 is 0 Å². The number of rotatable bonds is 5. The van der Waals surface area contributed by atoms with E-state index in [1.54, 1.807) is 11.1 Å². The smallest absolute Gasteiger partial charge is 0.358 e. The average molecular weight is 521 g/mol. The maximum absolute atomic E-state index is 2.38. The van der Waals surface area contributed by atoms with Crippen LogP contribution in [0.15, 0.2) is 60.7 Å². The Hall–Kier alpha value is -1.47. The normalized spacial score (nSPS) is 10.3. The summed E-state index contributed by atoms with van der Waals surface area (Å²) in [5.41, 5.74) is 6.15. The Morgan fingerprint density at radius 3 is 1.37 bits per heavy atom. The monoisotopic (exact) mass is 522 g/mol. The van der Waals surface area contributed by atoms with Crippen molar-refractivity contribution in [3.05, 3.63) is 97.8 Å². The Bertz CT molecular complexity index is 902. The molecule has 4 rings (SSSR count). The number of benzene rings is 2. The Morgan fingerprint density at radius 2 is 1.00 bits per heavy atom. The summed E-state index contributed by atoms with van der Waals surface area (Å²) < 4.78 is 0. The molecule has 0 saturated carbocycles. The van der Waals surface area contributed by atoms with Crippen molar-refractivity contribution < 1.29 is 25.8 Å². The predicted molar refractivity (Wildman–Crippen MR) is 118 cm³/mol. The van der Waals surface area contributed by atoms with Crippen LogP contribution in [0.4, 0.5) is 0 Å². The zero-order valence-corrected chi connectivity index (χ0v) is 20.7. The van der Waals surface area contributed by atoms with Gasteiger partial charge in [-0.25, -0.2) is 0 Å². The zero-order valence-electron chi connectivity index (χ0n) is 17.1. The Morgan fingerprint density at radius 1 is 0.630 bits per heavy atom. The third kappa shape index (κ3) is 4.35. The van der Waals surface area contributed by atoms with Crippen LogP contribution < -0.4 is 0 Å². The molecule has 0 aliphatic heterocycles. The van der Waals surface area contributed by atoms with Crippen LogP contribution in [-0.2, 0) is 51.5 Å². The molecule has 138 valence electrons. The van der Waals surface area contributed by atoms with E-state index in [1.807, 2.05) is 0 Å². The van der Waals surface area contributed by atoms with Gasteiger partial charge >= 0.3 is 25.8 Å². The second-order valence-corrected chi connectivity index (χ2v) is 6.68. The number of hydrogen-bond acceptors (Lipinski definition) is 0. The molecule has 0 heterocycles. The van der Waals surface area contributed by atoms with Crippen LogP contribution in [0.1, 0.15) is 36.1 Å². The van der Waals surface area contributed by atoms with Crippen molar-refractivity contribution in [3.8, 4) is 0 Å². The van der Waals surface area contributed by atoms with Crippen LogP contribution in [0.5, 0.6) is 0 Å². The van der Waals surface area contributed by atoms with Gasteiger partial charge in [0.05, 0.1) is 0 Å². The molecular weight excluding hydrogens is 491 g/mol.